The van der Waals surface area contributed by atoms with E-state index in [4.69, 9.17) is 4.74 Å². The Morgan fingerprint density at radius 2 is 2.03 bits per heavy atom. The molecule has 2 heterocycles. The summed E-state index contributed by atoms with van der Waals surface area (Å²) in [6.45, 7) is 8.27. The number of methoxy groups -OCH3 is 1. The van der Waals surface area contributed by atoms with Gasteiger partial charge < -0.3 is 15.4 Å². The average molecular weight is 550 g/mol. The van der Waals surface area contributed by atoms with Crippen molar-refractivity contribution in [3.63, 3.8) is 0 Å². The number of aryl methyl sites for hydroxylation is 1. The van der Waals surface area contributed by atoms with Gasteiger partial charge in [-0.05, 0) is 63.5 Å². The van der Waals surface area contributed by atoms with Gasteiger partial charge in [-0.3, -0.25) is 9.89 Å². The topological polar surface area (TPSA) is 61.8 Å². The lowest BCUT2D eigenvalue weighted by molar-refractivity contribution is 0.138. The fourth-order valence-corrected chi connectivity index (χ4v) is 5.35. The zero-order valence-corrected chi connectivity index (χ0v) is 22.1. The van der Waals surface area contributed by atoms with E-state index in [0.29, 0.717) is 5.41 Å². The van der Waals surface area contributed by atoms with Crippen molar-refractivity contribution in [2.45, 2.75) is 58.4 Å². The smallest absolute Gasteiger partial charge is 0.191 e. The number of hydrogen-bond acceptors (Lipinski definition) is 5. The minimum Gasteiger partial charge on any atom is -0.385 e. The van der Waals surface area contributed by atoms with E-state index < -0.39 is 0 Å². The van der Waals surface area contributed by atoms with Crippen molar-refractivity contribution in [1.29, 1.82) is 0 Å². The molecule has 30 heavy (non-hydrogen) atoms. The fourth-order valence-electron chi connectivity index (χ4n) is 4.75. The number of guanidine groups is 1. The third-order valence-electron chi connectivity index (χ3n) is 6.67. The van der Waals surface area contributed by atoms with Crippen LogP contribution in [0.4, 0.5) is 0 Å². The Morgan fingerprint density at radius 1 is 1.30 bits per heavy atom. The van der Waals surface area contributed by atoms with E-state index >= 15 is 0 Å². The first-order valence-corrected chi connectivity index (χ1v) is 12.1. The molecule has 6 nitrogen and oxygen atoms in total. The molecule has 3 rings (SSSR count). The number of hydrogen-bond donors (Lipinski definition) is 2. The standard InChI is InChI=1S/C22H39N5OS.HI/c1-18-26-20(16-29-18)15-27-11-6-19(7-12-27)14-24-21(23-2)25-17-22(10-13-28-3)8-4-5-9-22;/h16,19H,4-15,17H2,1-3H3,(H2,23,24,25);1H. The maximum Gasteiger partial charge on any atom is 0.191 e. The SMILES string of the molecule is CN=C(NCC1CCN(Cc2csc(C)n2)CC1)NCC1(CCOC)CCCC1.I. The maximum atomic E-state index is 5.36. The van der Waals surface area contributed by atoms with Crippen LogP contribution in [0.3, 0.4) is 0 Å². The molecule has 0 radical (unpaired) electrons. The Hall–Kier alpha value is -0.450. The van der Waals surface area contributed by atoms with Crippen molar-refractivity contribution < 1.29 is 4.74 Å². The van der Waals surface area contributed by atoms with Gasteiger partial charge in [-0.25, -0.2) is 4.98 Å². The number of halogens is 1. The molecule has 1 aliphatic carbocycles. The van der Waals surface area contributed by atoms with Crippen LogP contribution in [0.15, 0.2) is 10.4 Å². The van der Waals surface area contributed by atoms with Gasteiger partial charge in [0, 0.05) is 45.8 Å². The Morgan fingerprint density at radius 3 is 2.63 bits per heavy atom. The van der Waals surface area contributed by atoms with E-state index in [2.05, 4.69) is 37.8 Å². The van der Waals surface area contributed by atoms with Crippen LogP contribution in [0.2, 0.25) is 0 Å². The van der Waals surface area contributed by atoms with Gasteiger partial charge in [-0.1, -0.05) is 12.8 Å². The van der Waals surface area contributed by atoms with Crippen LogP contribution in [0.5, 0.6) is 0 Å². The summed E-state index contributed by atoms with van der Waals surface area (Å²) in [6, 6.07) is 0. The molecule has 0 spiro atoms. The van der Waals surface area contributed by atoms with Gasteiger partial charge in [-0.15, -0.1) is 35.3 Å². The van der Waals surface area contributed by atoms with Gasteiger partial charge in [0.15, 0.2) is 5.96 Å². The second-order valence-corrected chi connectivity index (χ2v) is 9.90. The summed E-state index contributed by atoms with van der Waals surface area (Å²) in [5.41, 5.74) is 1.61. The Labute approximate surface area is 203 Å². The fraction of sp³-hybridized carbons (Fsp3) is 0.818. The van der Waals surface area contributed by atoms with Crippen molar-refractivity contribution in [1.82, 2.24) is 20.5 Å². The molecule has 0 unspecified atom stereocenters. The molecule has 1 saturated carbocycles. The summed E-state index contributed by atoms with van der Waals surface area (Å²) in [5.74, 6) is 1.67. The number of piperidine rings is 1. The largest absolute Gasteiger partial charge is 0.385 e. The molecule has 0 amide bonds. The highest BCUT2D eigenvalue weighted by Crippen LogP contribution is 2.40. The zero-order valence-electron chi connectivity index (χ0n) is 18.9. The van der Waals surface area contributed by atoms with Crippen molar-refractivity contribution >= 4 is 41.3 Å². The number of rotatable bonds is 9. The van der Waals surface area contributed by atoms with Crippen LogP contribution in [0.1, 0.15) is 55.6 Å². The molecule has 1 aromatic heterocycles. The van der Waals surface area contributed by atoms with Crippen LogP contribution >= 0.6 is 35.3 Å². The van der Waals surface area contributed by atoms with E-state index in [9.17, 15) is 0 Å². The molecule has 172 valence electrons. The van der Waals surface area contributed by atoms with Crippen LogP contribution in [0, 0.1) is 18.3 Å². The quantitative estimate of drug-likeness (QED) is 0.277. The third kappa shape index (κ3) is 7.91. The number of nitrogens with zero attached hydrogens (tertiary/aromatic N) is 3. The van der Waals surface area contributed by atoms with Gasteiger partial charge >= 0.3 is 0 Å². The second-order valence-electron chi connectivity index (χ2n) is 8.83. The van der Waals surface area contributed by atoms with Gasteiger partial charge in [0.1, 0.15) is 0 Å². The molecule has 0 bridgehead atoms. The Balaban J connectivity index is 0.00000320. The first-order valence-electron chi connectivity index (χ1n) is 11.2. The van der Waals surface area contributed by atoms with Crippen molar-refractivity contribution in [2.24, 2.45) is 16.3 Å². The van der Waals surface area contributed by atoms with Gasteiger partial charge in [0.25, 0.3) is 0 Å². The van der Waals surface area contributed by atoms with E-state index in [-0.39, 0.29) is 24.0 Å². The zero-order chi connectivity index (χ0) is 20.5. The minimum atomic E-state index is 0. The van der Waals surface area contributed by atoms with Crippen molar-refractivity contribution in [3.05, 3.63) is 16.1 Å². The highest BCUT2D eigenvalue weighted by molar-refractivity contribution is 14.0. The van der Waals surface area contributed by atoms with Gasteiger partial charge in [0.05, 0.1) is 10.7 Å². The normalized spacial score (nSPS) is 20.2. The molecule has 0 aromatic carbocycles. The molecule has 1 aliphatic heterocycles. The van der Waals surface area contributed by atoms with E-state index in [1.807, 2.05) is 7.05 Å². The summed E-state index contributed by atoms with van der Waals surface area (Å²) >= 11 is 1.75. The third-order valence-corrected chi connectivity index (χ3v) is 7.50. The van der Waals surface area contributed by atoms with Crippen molar-refractivity contribution in [3.8, 4) is 0 Å². The number of thiazole rings is 1. The molecule has 1 saturated heterocycles. The summed E-state index contributed by atoms with van der Waals surface area (Å²) in [4.78, 5) is 11.6. The lowest BCUT2D eigenvalue weighted by Crippen LogP contribution is -2.46. The molecule has 2 N–H and O–H groups in total. The molecule has 1 aromatic rings. The molecule has 2 aliphatic rings. The molecule has 2 fully saturated rings. The predicted molar refractivity (Wildman–Crippen MR) is 137 cm³/mol. The van der Waals surface area contributed by atoms with E-state index in [0.717, 1.165) is 57.6 Å². The Kier molecular flexibility index (Phi) is 11.3. The summed E-state index contributed by atoms with van der Waals surface area (Å²) < 4.78 is 5.36. The lowest BCUT2D eigenvalue weighted by atomic mass is 9.83. The van der Waals surface area contributed by atoms with Crippen LogP contribution in [-0.2, 0) is 11.3 Å². The minimum absolute atomic E-state index is 0. The molecule has 8 heteroatoms. The summed E-state index contributed by atoms with van der Waals surface area (Å²) in [5, 5.41) is 10.6. The molecule has 0 atom stereocenters. The maximum absolute atomic E-state index is 5.36. The van der Waals surface area contributed by atoms with Crippen LogP contribution < -0.4 is 10.6 Å². The molecular formula is C22H40IN5OS. The second kappa shape index (κ2) is 13.2. The summed E-state index contributed by atoms with van der Waals surface area (Å²) in [6.07, 6.45) is 8.92. The highest BCUT2D eigenvalue weighted by atomic mass is 127. The van der Waals surface area contributed by atoms with E-state index in [1.54, 1.807) is 18.4 Å². The lowest BCUT2D eigenvalue weighted by Gasteiger charge is -2.32. The number of likely N-dealkylation sites (tertiary alicyclic amines) is 1. The Bertz CT molecular complexity index is 639. The van der Waals surface area contributed by atoms with Crippen LogP contribution in [0.25, 0.3) is 0 Å². The number of aromatic nitrogens is 1. The number of nitrogens with one attached hydrogen (secondary N) is 2. The van der Waals surface area contributed by atoms with E-state index in [1.165, 1.54) is 49.2 Å². The number of ether oxygens (including phenoxy) is 1. The first kappa shape index (κ1) is 25.8. The predicted octanol–water partition coefficient (Wildman–Crippen LogP) is 4.04. The van der Waals surface area contributed by atoms with Gasteiger partial charge in [0.2, 0.25) is 0 Å². The van der Waals surface area contributed by atoms with Gasteiger partial charge in [-0.2, -0.15) is 0 Å². The molecular weight excluding hydrogens is 509 g/mol. The average Bonchev–Trinajstić information content (AvgIpc) is 3.37. The first-order chi connectivity index (χ1) is 14.1. The monoisotopic (exact) mass is 549 g/mol. The van der Waals surface area contributed by atoms with Crippen LogP contribution in [-0.4, -0.2) is 62.8 Å². The highest BCUT2D eigenvalue weighted by Gasteiger charge is 2.33. The summed E-state index contributed by atoms with van der Waals surface area (Å²) in [7, 11) is 3.68. The number of aliphatic imine (C=N–C) groups is 1. The van der Waals surface area contributed by atoms with Crippen molar-refractivity contribution in [2.75, 3.05) is 46.9 Å².